The molecule has 1 aliphatic rings. The molecule has 1 fully saturated rings. The lowest BCUT2D eigenvalue weighted by Gasteiger charge is -2.34. The van der Waals surface area contributed by atoms with Crippen molar-refractivity contribution in [3.63, 3.8) is 0 Å². The molecule has 0 radical (unpaired) electrons. The molecule has 0 bridgehead atoms. The zero-order valence-corrected chi connectivity index (χ0v) is 19.2. The summed E-state index contributed by atoms with van der Waals surface area (Å²) in [6.45, 7) is 8.58. The summed E-state index contributed by atoms with van der Waals surface area (Å²) in [6.07, 6.45) is 6.41. The molecule has 150 valence electrons. The first-order chi connectivity index (χ1) is 11.3. The van der Waals surface area contributed by atoms with Crippen LogP contribution in [0, 0.1) is 5.92 Å². The van der Waals surface area contributed by atoms with Crippen LogP contribution >= 0.6 is 24.0 Å². The van der Waals surface area contributed by atoms with Crippen LogP contribution in [0.3, 0.4) is 0 Å². The standard InChI is InChI=1S/C16H35N5O2S.HI/c1-14(2)15(21-11-7-5-6-8-12-21)13-19-16(17-3)18-9-10-20-24(4,22)23;/h14-15,20H,5-13H2,1-4H3,(H2,17,18,19);1H. The van der Waals surface area contributed by atoms with Crippen LogP contribution in [0.4, 0.5) is 0 Å². The Morgan fingerprint density at radius 1 is 1.08 bits per heavy atom. The van der Waals surface area contributed by atoms with Gasteiger partial charge in [0.05, 0.1) is 6.26 Å². The van der Waals surface area contributed by atoms with Gasteiger partial charge < -0.3 is 10.6 Å². The van der Waals surface area contributed by atoms with Gasteiger partial charge in [-0.3, -0.25) is 9.89 Å². The minimum Gasteiger partial charge on any atom is -0.355 e. The number of nitrogens with zero attached hydrogens (tertiary/aromatic N) is 2. The van der Waals surface area contributed by atoms with Crippen molar-refractivity contribution >= 4 is 40.0 Å². The third kappa shape index (κ3) is 11.2. The smallest absolute Gasteiger partial charge is 0.208 e. The van der Waals surface area contributed by atoms with Gasteiger partial charge in [-0.15, -0.1) is 24.0 Å². The van der Waals surface area contributed by atoms with E-state index >= 15 is 0 Å². The monoisotopic (exact) mass is 489 g/mol. The van der Waals surface area contributed by atoms with E-state index < -0.39 is 10.0 Å². The fraction of sp³-hybridized carbons (Fsp3) is 0.938. The van der Waals surface area contributed by atoms with Crippen molar-refractivity contribution in [2.75, 3.05) is 46.0 Å². The molecule has 0 saturated carbocycles. The van der Waals surface area contributed by atoms with E-state index in [-0.39, 0.29) is 24.0 Å². The van der Waals surface area contributed by atoms with Crippen LogP contribution in [0.25, 0.3) is 0 Å². The molecular weight excluding hydrogens is 453 g/mol. The maximum Gasteiger partial charge on any atom is 0.208 e. The number of nitrogens with one attached hydrogen (secondary N) is 3. The second kappa shape index (κ2) is 13.1. The molecule has 0 spiro atoms. The van der Waals surface area contributed by atoms with Gasteiger partial charge in [0.15, 0.2) is 5.96 Å². The lowest BCUT2D eigenvalue weighted by atomic mass is 10.0. The van der Waals surface area contributed by atoms with Crippen molar-refractivity contribution in [1.29, 1.82) is 0 Å². The molecule has 7 nitrogen and oxygen atoms in total. The summed E-state index contributed by atoms with van der Waals surface area (Å²) >= 11 is 0. The predicted octanol–water partition coefficient (Wildman–Crippen LogP) is 1.22. The second-order valence-electron chi connectivity index (χ2n) is 6.81. The van der Waals surface area contributed by atoms with Crippen LogP contribution in [-0.2, 0) is 10.0 Å². The Balaban J connectivity index is 0.00000576. The van der Waals surface area contributed by atoms with Gasteiger partial charge in [-0.25, -0.2) is 13.1 Å². The van der Waals surface area contributed by atoms with Crippen LogP contribution in [0.15, 0.2) is 4.99 Å². The van der Waals surface area contributed by atoms with Gasteiger partial charge in [-0.05, 0) is 31.8 Å². The number of likely N-dealkylation sites (tertiary alicyclic amines) is 1. The zero-order valence-electron chi connectivity index (χ0n) is 16.0. The van der Waals surface area contributed by atoms with Crippen LogP contribution in [0.1, 0.15) is 39.5 Å². The third-order valence-corrected chi connectivity index (χ3v) is 5.09. The Labute approximate surface area is 170 Å². The molecule has 0 aromatic carbocycles. The fourth-order valence-electron chi connectivity index (χ4n) is 3.05. The summed E-state index contributed by atoms with van der Waals surface area (Å²) in [5, 5.41) is 6.53. The molecule has 0 aliphatic carbocycles. The van der Waals surface area contributed by atoms with Crippen molar-refractivity contribution in [3.8, 4) is 0 Å². The normalized spacial score (nSPS) is 18.4. The van der Waals surface area contributed by atoms with Crippen LogP contribution in [-0.4, -0.2) is 71.3 Å². The molecular formula is C16H36IN5O2S. The number of hydrogen-bond donors (Lipinski definition) is 3. The van der Waals surface area contributed by atoms with E-state index in [1.165, 1.54) is 38.8 Å². The number of aliphatic imine (C=N–C) groups is 1. The first kappa shape index (κ1) is 24.9. The van der Waals surface area contributed by atoms with Crippen molar-refractivity contribution in [1.82, 2.24) is 20.3 Å². The van der Waals surface area contributed by atoms with E-state index in [9.17, 15) is 8.42 Å². The largest absolute Gasteiger partial charge is 0.355 e. The van der Waals surface area contributed by atoms with Crippen molar-refractivity contribution in [3.05, 3.63) is 0 Å². The lowest BCUT2D eigenvalue weighted by Crippen LogP contribution is -2.50. The minimum absolute atomic E-state index is 0. The number of sulfonamides is 1. The SMILES string of the molecule is CN=C(NCCNS(C)(=O)=O)NCC(C(C)C)N1CCCCCC1.I. The first-order valence-corrected chi connectivity index (χ1v) is 10.9. The van der Waals surface area contributed by atoms with Gasteiger partial charge in [-0.2, -0.15) is 0 Å². The van der Waals surface area contributed by atoms with Gasteiger partial charge in [0, 0.05) is 32.7 Å². The average molecular weight is 489 g/mol. The second-order valence-corrected chi connectivity index (χ2v) is 8.64. The van der Waals surface area contributed by atoms with Gasteiger partial charge in [0.25, 0.3) is 0 Å². The topological polar surface area (TPSA) is 85.8 Å². The molecule has 1 rings (SSSR count). The molecule has 0 aromatic rings. The zero-order chi connectivity index (χ0) is 18.0. The van der Waals surface area contributed by atoms with E-state index in [1.807, 2.05) is 0 Å². The summed E-state index contributed by atoms with van der Waals surface area (Å²) in [4.78, 5) is 6.82. The number of hydrogen-bond acceptors (Lipinski definition) is 4. The van der Waals surface area contributed by atoms with Crippen molar-refractivity contribution < 1.29 is 8.42 Å². The number of guanidine groups is 1. The van der Waals surface area contributed by atoms with Gasteiger partial charge >= 0.3 is 0 Å². The lowest BCUT2D eigenvalue weighted by molar-refractivity contribution is 0.161. The molecule has 1 aliphatic heterocycles. The molecule has 25 heavy (non-hydrogen) atoms. The highest BCUT2D eigenvalue weighted by molar-refractivity contribution is 14.0. The molecule has 9 heteroatoms. The Bertz CT molecular complexity index is 477. The van der Waals surface area contributed by atoms with Crippen molar-refractivity contribution in [2.24, 2.45) is 10.9 Å². The van der Waals surface area contributed by atoms with Gasteiger partial charge in [0.1, 0.15) is 0 Å². The van der Waals surface area contributed by atoms with E-state index in [0.717, 1.165) is 12.8 Å². The first-order valence-electron chi connectivity index (χ1n) is 8.96. The summed E-state index contributed by atoms with van der Waals surface area (Å²) in [6, 6.07) is 0.482. The summed E-state index contributed by atoms with van der Waals surface area (Å²) < 4.78 is 24.6. The van der Waals surface area contributed by atoms with Crippen LogP contribution in [0.2, 0.25) is 0 Å². The number of halogens is 1. The van der Waals surface area contributed by atoms with E-state index in [1.54, 1.807) is 7.05 Å². The van der Waals surface area contributed by atoms with Crippen molar-refractivity contribution in [2.45, 2.75) is 45.6 Å². The highest BCUT2D eigenvalue weighted by Gasteiger charge is 2.22. The van der Waals surface area contributed by atoms with E-state index in [4.69, 9.17) is 0 Å². The third-order valence-electron chi connectivity index (χ3n) is 4.36. The molecule has 1 saturated heterocycles. The fourth-order valence-corrected chi connectivity index (χ4v) is 3.53. The average Bonchev–Trinajstić information content (AvgIpc) is 2.77. The van der Waals surface area contributed by atoms with Gasteiger partial charge in [-0.1, -0.05) is 26.7 Å². The maximum atomic E-state index is 11.0. The minimum atomic E-state index is -3.14. The van der Waals surface area contributed by atoms with Gasteiger partial charge in [0.2, 0.25) is 10.0 Å². The molecule has 1 unspecified atom stereocenters. The molecule has 1 heterocycles. The predicted molar refractivity (Wildman–Crippen MR) is 116 cm³/mol. The Morgan fingerprint density at radius 2 is 1.68 bits per heavy atom. The number of rotatable bonds is 8. The molecule has 0 amide bonds. The molecule has 1 atom stereocenters. The summed E-state index contributed by atoms with van der Waals surface area (Å²) in [7, 11) is -1.41. The molecule has 3 N–H and O–H groups in total. The van der Waals surface area contributed by atoms with E-state index in [2.05, 4.69) is 39.1 Å². The van der Waals surface area contributed by atoms with E-state index in [0.29, 0.717) is 31.0 Å². The Morgan fingerprint density at radius 3 is 2.16 bits per heavy atom. The van der Waals surface area contributed by atoms with Crippen LogP contribution in [0.5, 0.6) is 0 Å². The maximum absolute atomic E-state index is 11.0. The highest BCUT2D eigenvalue weighted by atomic mass is 127. The molecule has 0 aromatic heterocycles. The Kier molecular flexibility index (Phi) is 13.0. The quantitative estimate of drug-likeness (QED) is 0.207. The summed E-state index contributed by atoms with van der Waals surface area (Å²) in [5.74, 6) is 1.28. The van der Waals surface area contributed by atoms with Crippen LogP contribution < -0.4 is 15.4 Å². The Hall–Kier alpha value is -0.130. The summed E-state index contributed by atoms with van der Waals surface area (Å²) in [5.41, 5.74) is 0. The highest BCUT2D eigenvalue weighted by Crippen LogP contribution is 2.16.